The Kier molecular flexibility index (Phi) is 4.21. The molecule has 1 N–H and O–H groups in total. The van der Waals surface area contributed by atoms with Crippen LogP contribution in [0.5, 0.6) is 0 Å². The monoisotopic (exact) mass is 337 g/mol. The van der Waals surface area contributed by atoms with Gasteiger partial charge in [0.15, 0.2) is 5.65 Å². The van der Waals surface area contributed by atoms with E-state index in [1.54, 1.807) is 4.52 Å². The number of nitrogens with zero attached hydrogens (tertiary/aromatic N) is 4. The third kappa shape index (κ3) is 2.96. The summed E-state index contributed by atoms with van der Waals surface area (Å²) in [5.74, 6) is 1.45. The number of nitrogens with one attached hydrogen (secondary N) is 1. The van der Waals surface area contributed by atoms with E-state index in [4.69, 9.17) is 0 Å². The second kappa shape index (κ2) is 6.10. The minimum atomic E-state index is 0.717. The van der Waals surface area contributed by atoms with Crippen molar-refractivity contribution in [3.05, 3.63) is 22.8 Å². The maximum absolute atomic E-state index is 4.51. The summed E-state index contributed by atoms with van der Waals surface area (Å²) in [6.45, 7) is 6.80. The largest absolute Gasteiger partial charge is 0.353 e. The highest BCUT2D eigenvalue weighted by Crippen LogP contribution is 2.19. The van der Waals surface area contributed by atoms with E-state index in [1.807, 2.05) is 18.3 Å². The van der Waals surface area contributed by atoms with Crippen molar-refractivity contribution in [1.29, 1.82) is 0 Å². The zero-order chi connectivity index (χ0) is 13.9. The molecule has 6 heteroatoms. The minimum Gasteiger partial charge on any atom is -0.353 e. The lowest BCUT2D eigenvalue weighted by molar-refractivity contribution is 0.198. The fraction of sp³-hybridized carbons (Fsp3) is 0.571. The Morgan fingerprint density at radius 2 is 2.20 bits per heavy atom. The Hall–Kier alpha value is -1.14. The number of aromatic nitrogens is 3. The van der Waals surface area contributed by atoms with Crippen LogP contribution in [0, 0.1) is 5.92 Å². The molecule has 3 rings (SSSR count). The normalized spacial score (nSPS) is 17.7. The SMILES string of the molecule is CCN1CCC(CNc2nc3c(Br)cccn3n2)CC1. The lowest BCUT2D eigenvalue weighted by atomic mass is 9.97. The van der Waals surface area contributed by atoms with Crippen molar-refractivity contribution in [1.82, 2.24) is 19.5 Å². The van der Waals surface area contributed by atoms with Gasteiger partial charge >= 0.3 is 0 Å². The van der Waals surface area contributed by atoms with Crippen molar-refractivity contribution in [2.24, 2.45) is 5.92 Å². The Balaban J connectivity index is 1.59. The van der Waals surface area contributed by atoms with Gasteiger partial charge in [0.1, 0.15) is 0 Å². The molecule has 1 aliphatic heterocycles. The topological polar surface area (TPSA) is 45.5 Å². The molecule has 0 atom stereocenters. The standard InChI is InChI=1S/C14H20BrN5/c1-2-19-8-5-11(6-9-19)10-16-14-17-13-12(15)4-3-7-20(13)18-14/h3-4,7,11H,2,5-6,8-10H2,1H3,(H,16,18). The molecule has 2 aromatic heterocycles. The summed E-state index contributed by atoms with van der Waals surface area (Å²) in [6, 6.07) is 3.93. The van der Waals surface area contributed by atoms with Gasteiger partial charge in [-0.1, -0.05) is 6.92 Å². The number of halogens is 1. The zero-order valence-electron chi connectivity index (χ0n) is 11.7. The highest BCUT2D eigenvalue weighted by Gasteiger charge is 2.18. The van der Waals surface area contributed by atoms with Crippen LogP contribution in [0.3, 0.4) is 0 Å². The number of fused-ring (bicyclic) bond motifs is 1. The minimum absolute atomic E-state index is 0.717. The fourth-order valence-corrected chi connectivity index (χ4v) is 3.11. The average molecular weight is 338 g/mol. The number of likely N-dealkylation sites (tertiary alicyclic amines) is 1. The average Bonchev–Trinajstić information content (AvgIpc) is 2.90. The first-order chi connectivity index (χ1) is 9.76. The van der Waals surface area contributed by atoms with Crippen LogP contribution >= 0.6 is 15.9 Å². The van der Waals surface area contributed by atoms with E-state index in [9.17, 15) is 0 Å². The molecule has 0 radical (unpaired) electrons. The zero-order valence-corrected chi connectivity index (χ0v) is 13.3. The highest BCUT2D eigenvalue weighted by molar-refractivity contribution is 9.10. The highest BCUT2D eigenvalue weighted by atomic mass is 79.9. The van der Waals surface area contributed by atoms with Crippen molar-refractivity contribution in [3.63, 3.8) is 0 Å². The van der Waals surface area contributed by atoms with Crippen LogP contribution in [-0.2, 0) is 0 Å². The number of hydrogen-bond acceptors (Lipinski definition) is 4. The van der Waals surface area contributed by atoms with Crippen LogP contribution in [0.4, 0.5) is 5.95 Å². The van der Waals surface area contributed by atoms with E-state index in [1.165, 1.54) is 32.5 Å². The number of anilines is 1. The fourth-order valence-electron chi connectivity index (χ4n) is 2.69. The first-order valence-electron chi connectivity index (χ1n) is 7.23. The van der Waals surface area contributed by atoms with E-state index in [-0.39, 0.29) is 0 Å². The van der Waals surface area contributed by atoms with E-state index in [0.29, 0.717) is 0 Å². The Morgan fingerprint density at radius 1 is 1.40 bits per heavy atom. The first kappa shape index (κ1) is 13.8. The van der Waals surface area contributed by atoms with Gasteiger partial charge < -0.3 is 10.2 Å². The molecule has 1 aliphatic rings. The number of rotatable bonds is 4. The maximum atomic E-state index is 4.51. The molecule has 1 saturated heterocycles. The van der Waals surface area contributed by atoms with E-state index in [0.717, 1.165) is 28.5 Å². The predicted molar refractivity (Wildman–Crippen MR) is 84.0 cm³/mol. The van der Waals surface area contributed by atoms with Crippen molar-refractivity contribution < 1.29 is 0 Å². The smallest absolute Gasteiger partial charge is 0.243 e. The second-order valence-electron chi connectivity index (χ2n) is 5.32. The van der Waals surface area contributed by atoms with Crippen molar-refractivity contribution in [2.75, 3.05) is 31.5 Å². The number of pyridine rings is 1. The molecule has 20 heavy (non-hydrogen) atoms. The predicted octanol–water partition coefficient (Wildman–Crippen LogP) is 2.64. The van der Waals surface area contributed by atoms with Gasteiger partial charge in [0, 0.05) is 12.7 Å². The molecule has 0 aliphatic carbocycles. The summed E-state index contributed by atoms with van der Waals surface area (Å²) in [5, 5.41) is 7.82. The molecule has 5 nitrogen and oxygen atoms in total. The van der Waals surface area contributed by atoms with Gasteiger partial charge in [-0.3, -0.25) is 0 Å². The van der Waals surface area contributed by atoms with Crippen molar-refractivity contribution >= 4 is 27.5 Å². The third-order valence-corrected chi connectivity index (χ3v) is 4.64. The Morgan fingerprint density at radius 3 is 2.90 bits per heavy atom. The summed E-state index contributed by atoms with van der Waals surface area (Å²) in [4.78, 5) is 7.02. The van der Waals surface area contributed by atoms with Gasteiger partial charge in [0.25, 0.3) is 0 Å². The number of hydrogen-bond donors (Lipinski definition) is 1. The van der Waals surface area contributed by atoms with Crippen LogP contribution in [0.25, 0.3) is 5.65 Å². The molecule has 0 aromatic carbocycles. The van der Waals surface area contributed by atoms with Crippen LogP contribution in [0.1, 0.15) is 19.8 Å². The van der Waals surface area contributed by atoms with E-state index in [2.05, 4.69) is 43.2 Å². The molecule has 108 valence electrons. The van der Waals surface area contributed by atoms with E-state index < -0.39 is 0 Å². The molecule has 0 spiro atoms. The van der Waals surface area contributed by atoms with Gasteiger partial charge in [-0.15, -0.1) is 5.10 Å². The molecular weight excluding hydrogens is 318 g/mol. The molecule has 3 heterocycles. The summed E-state index contributed by atoms with van der Waals surface area (Å²) < 4.78 is 2.77. The van der Waals surface area contributed by atoms with Crippen LogP contribution in [-0.4, -0.2) is 45.7 Å². The molecule has 0 unspecified atom stereocenters. The molecular formula is C14H20BrN5. The summed E-state index contributed by atoms with van der Waals surface area (Å²) in [5.41, 5.74) is 0.857. The lowest BCUT2D eigenvalue weighted by Gasteiger charge is -2.30. The Labute approximate surface area is 127 Å². The molecule has 1 fully saturated rings. The second-order valence-corrected chi connectivity index (χ2v) is 6.17. The summed E-state index contributed by atoms with van der Waals surface area (Å²) in [7, 11) is 0. The maximum Gasteiger partial charge on any atom is 0.243 e. The van der Waals surface area contributed by atoms with Crippen LogP contribution < -0.4 is 5.32 Å². The molecule has 0 saturated carbocycles. The van der Waals surface area contributed by atoms with Crippen LogP contribution in [0.2, 0.25) is 0 Å². The first-order valence-corrected chi connectivity index (χ1v) is 8.02. The number of piperidine rings is 1. The summed E-state index contributed by atoms with van der Waals surface area (Å²) in [6.07, 6.45) is 4.44. The molecule has 0 amide bonds. The van der Waals surface area contributed by atoms with Gasteiger partial charge in [-0.05, 0) is 66.5 Å². The molecule has 2 aromatic rings. The Bertz CT molecular complexity index is 574. The summed E-state index contributed by atoms with van der Waals surface area (Å²) >= 11 is 3.50. The van der Waals surface area contributed by atoms with Gasteiger partial charge in [0.2, 0.25) is 5.95 Å². The molecule has 0 bridgehead atoms. The lowest BCUT2D eigenvalue weighted by Crippen LogP contribution is -2.35. The quantitative estimate of drug-likeness (QED) is 0.931. The van der Waals surface area contributed by atoms with Gasteiger partial charge in [-0.25, -0.2) is 4.52 Å². The van der Waals surface area contributed by atoms with E-state index >= 15 is 0 Å². The van der Waals surface area contributed by atoms with Gasteiger partial charge in [0.05, 0.1) is 4.47 Å². The van der Waals surface area contributed by atoms with Crippen molar-refractivity contribution in [2.45, 2.75) is 19.8 Å². The van der Waals surface area contributed by atoms with Gasteiger partial charge in [-0.2, -0.15) is 4.98 Å². The van der Waals surface area contributed by atoms with Crippen molar-refractivity contribution in [3.8, 4) is 0 Å². The van der Waals surface area contributed by atoms with Crippen LogP contribution in [0.15, 0.2) is 22.8 Å². The third-order valence-electron chi connectivity index (χ3n) is 4.02.